The molecule has 0 saturated heterocycles. The molecule has 0 heterocycles. The zero-order valence-corrected chi connectivity index (χ0v) is 17.6. The van der Waals surface area contributed by atoms with E-state index in [1.807, 2.05) is 0 Å². The fourth-order valence-electron chi connectivity index (χ4n) is 1.94. The minimum absolute atomic E-state index is 0. The number of benzene rings is 2. The van der Waals surface area contributed by atoms with Crippen LogP contribution in [0.25, 0.3) is 0 Å². The van der Waals surface area contributed by atoms with Crippen LogP contribution in [0, 0.1) is 6.08 Å². The van der Waals surface area contributed by atoms with Crippen LogP contribution in [0.3, 0.4) is 0 Å². The van der Waals surface area contributed by atoms with Gasteiger partial charge in [-0.05, 0) is 0 Å². The summed E-state index contributed by atoms with van der Waals surface area (Å²) < 4.78 is 0. The van der Waals surface area contributed by atoms with Crippen LogP contribution in [-0.2, 0) is 21.7 Å². The quantitative estimate of drug-likeness (QED) is 0.380. The Morgan fingerprint density at radius 2 is 1.22 bits per heavy atom. The molecule has 23 heavy (non-hydrogen) atoms. The molecule has 0 fully saturated rings. The van der Waals surface area contributed by atoms with Crippen LogP contribution < -0.4 is 35.2 Å². The molecule has 0 saturated carbocycles. The van der Waals surface area contributed by atoms with Crippen LogP contribution in [0.1, 0.15) is 20.3 Å². The molecule has 0 bridgehead atoms. The summed E-state index contributed by atoms with van der Waals surface area (Å²) in [6.45, 7) is 4.22. The Kier molecular flexibility index (Phi) is 14.8. The number of hydrogen-bond donors (Lipinski definition) is 0. The number of rotatable bonds is 2. The molecule has 0 spiro atoms. The van der Waals surface area contributed by atoms with Gasteiger partial charge in [-0.2, -0.15) is 6.08 Å². The number of halogens is 2. The van der Waals surface area contributed by atoms with Crippen LogP contribution in [-0.4, -0.2) is 9.52 Å². The molecular weight excluding hydrogens is 375 g/mol. The van der Waals surface area contributed by atoms with Crippen molar-refractivity contribution in [3.63, 3.8) is 0 Å². The van der Waals surface area contributed by atoms with Crippen LogP contribution >= 0.6 is 0 Å². The first kappa shape index (κ1) is 24.7. The van der Waals surface area contributed by atoms with E-state index in [0.29, 0.717) is 0 Å². The second-order valence-electron chi connectivity index (χ2n) is 4.86. The van der Waals surface area contributed by atoms with Gasteiger partial charge in [0.15, 0.2) is 0 Å². The fraction of sp³-hybridized carbons (Fsp3) is 0.158. The van der Waals surface area contributed by atoms with E-state index < -0.39 is 0 Å². The first-order valence-corrected chi connectivity index (χ1v) is 8.10. The fourth-order valence-corrected chi connectivity index (χ4v) is 3.15. The van der Waals surface area contributed by atoms with E-state index in [-0.39, 0.29) is 56.1 Å². The van der Waals surface area contributed by atoms with Gasteiger partial charge in [-0.1, -0.05) is 78.0 Å². The van der Waals surface area contributed by atoms with E-state index in [4.69, 9.17) is 0 Å². The van der Waals surface area contributed by atoms with Crippen molar-refractivity contribution in [2.75, 3.05) is 0 Å². The van der Waals surface area contributed by atoms with E-state index in [9.17, 15) is 0 Å². The average molecular weight is 395 g/mol. The monoisotopic (exact) mass is 394 g/mol. The number of allylic oxidation sites excluding steroid dienone is 4. The van der Waals surface area contributed by atoms with E-state index >= 15 is 0 Å². The van der Waals surface area contributed by atoms with Gasteiger partial charge in [0.05, 0.1) is 0 Å². The van der Waals surface area contributed by atoms with Gasteiger partial charge in [-0.15, -0.1) is 13.3 Å². The minimum atomic E-state index is 0. The molecule has 2 aromatic rings. The molecular formula is C19H20Cl2SiTi. The van der Waals surface area contributed by atoms with Gasteiger partial charge < -0.3 is 24.8 Å². The standard InChI is InChI=1S/C12H11Si.C7H9.2ClH.Ti/c1-3-7-11(8-4-1)13-12-9-5-2-6-10-12;1-6-4-3-5-7(6)2;;;/h1-10,13H;4H,3H2,1-2H3;2*1H;/q;-1;;;+3/p-2. The van der Waals surface area contributed by atoms with Crippen molar-refractivity contribution in [3.05, 3.63) is 84.0 Å². The second-order valence-corrected chi connectivity index (χ2v) is 6.48. The van der Waals surface area contributed by atoms with Gasteiger partial charge in [0.1, 0.15) is 9.52 Å². The van der Waals surface area contributed by atoms with Crippen LogP contribution in [0.2, 0.25) is 0 Å². The Morgan fingerprint density at radius 1 is 0.783 bits per heavy atom. The van der Waals surface area contributed by atoms with Crippen molar-refractivity contribution < 1.29 is 46.5 Å². The maximum Gasteiger partial charge on any atom is 3.00 e. The van der Waals surface area contributed by atoms with E-state index in [1.165, 1.54) is 21.5 Å². The molecule has 4 heteroatoms. The second kappa shape index (κ2) is 13.8. The molecule has 2 radical (unpaired) electrons. The molecule has 0 aliphatic heterocycles. The van der Waals surface area contributed by atoms with Gasteiger partial charge in [-0.3, -0.25) is 6.08 Å². The molecule has 1 aliphatic rings. The maximum absolute atomic E-state index is 3.19. The third-order valence-electron chi connectivity index (χ3n) is 3.30. The van der Waals surface area contributed by atoms with Crippen molar-refractivity contribution in [1.82, 2.24) is 0 Å². The van der Waals surface area contributed by atoms with Crippen LogP contribution in [0.4, 0.5) is 0 Å². The Labute approximate surface area is 170 Å². The molecule has 0 amide bonds. The van der Waals surface area contributed by atoms with Crippen molar-refractivity contribution in [2.45, 2.75) is 20.3 Å². The van der Waals surface area contributed by atoms with E-state index in [0.717, 1.165) is 6.42 Å². The summed E-state index contributed by atoms with van der Waals surface area (Å²) in [5.74, 6) is 0. The van der Waals surface area contributed by atoms with Gasteiger partial charge in [0.2, 0.25) is 0 Å². The Hall–Kier alpha value is -0.569. The van der Waals surface area contributed by atoms with Crippen LogP contribution in [0.5, 0.6) is 0 Å². The van der Waals surface area contributed by atoms with Crippen molar-refractivity contribution in [2.24, 2.45) is 0 Å². The molecule has 118 valence electrons. The largest absolute Gasteiger partial charge is 3.00 e. The zero-order valence-electron chi connectivity index (χ0n) is 13.4. The first-order chi connectivity index (χ1) is 9.75. The van der Waals surface area contributed by atoms with Crippen molar-refractivity contribution in [1.29, 1.82) is 0 Å². The Morgan fingerprint density at radius 3 is 1.48 bits per heavy atom. The summed E-state index contributed by atoms with van der Waals surface area (Å²) in [5, 5.41) is 2.90. The van der Waals surface area contributed by atoms with Crippen molar-refractivity contribution >= 4 is 19.9 Å². The van der Waals surface area contributed by atoms with Gasteiger partial charge in [0, 0.05) is 0 Å². The molecule has 0 unspecified atom stereocenters. The SMILES string of the molecule is CC1=[C-]CC=C1C.[Cl-].[Cl-].[Ti+3].c1ccc([SiH]c2ccccc2)cc1. The smallest absolute Gasteiger partial charge is 1.00 e. The molecule has 0 aromatic heterocycles. The van der Waals surface area contributed by atoms with Gasteiger partial charge >= 0.3 is 21.7 Å². The third-order valence-corrected chi connectivity index (χ3v) is 4.74. The summed E-state index contributed by atoms with van der Waals surface area (Å²) in [5.41, 5.74) is 2.71. The van der Waals surface area contributed by atoms with Crippen molar-refractivity contribution in [3.8, 4) is 0 Å². The topological polar surface area (TPSA) is 0 Å². The number of hydrogen-bond acceptors (Lipinski definition) is 0. The summed E-state index contributed by atoms with van der Waals surface area (Å²) in [7, 11) is 0.271. The van der Waals surface area contributed by atoms with E-state index in [2.05, 4.69) is 86.7 Å². The zero-order chi connectivity index (χ0) is 14.2. The first-order valence-electron chi connectivity index (χ1n) is 6.95. The minimum Gasteiger partial charge on any atom is -1.00 e. The molecule has 0 atom stereocenters. The average Bonchev–Trinajstić information content (AvgIpc) is 2.86. The maximum atomic E-state index is 3.19. The Balaban J connectivity index is 0. The third kappa shape index (κ3) is 9.34. The van der Waals surface area contributed by atoms with Gasteiger partial charge in [0.25, 0.3) is 0 Å². The molecule has 2 aromatic carbocycles. The molecule has 0 nitrogen and oxygen atoms in total. The predicted molar refractivity (Wildman–Crippen MR) is 90.1 cm³/mol. The summed E-state index contributed by atoms with van der Waals surface area (Å²) >= 11 is 0. The summed E-state index contributed by atoms with van der Waals surface area (Å²) in [4.78, 5) is 0. The van der Waals surface area contributed by atoms with Gasteiger partial charge in [-0.25, -0.2) is 11.1 Å². The molecule has 3 rings (SSSR count). The molecule has 1 aliphatic carbocycles. The van der Waals surface area contributed by atoms with Crippen LogP contribution in [0.15, 0.2) is 77.9 Å². The predicted octanol–water partition coefficient (Wildman–Crippen LogP) is -2.83. The Bertz CT molecular complexity index is 542. The normalized spacial score (nSPS) is 11.4. The molecule has 0 N–H and O–H groups in total. The summed E-state index contributed by atoms with van der Waals surface area (Å²) in [6, 6.07) is 21.3. The van der Waals surface area contributed by atoms with E-state index in [1.54, 1.807) is 0 Å². The summed E-state index contributed by atoms with van der Waals surface area (Å²) in [6.07, 6.45) is 6.41.